The van der Waals surface area contributed by atoms with E-state index < -0.39 is 0 Å². The average Bonchev–Trinajstić information content (AvgIpc) is 2.60. The number of ether oxygens (including phenoxy) is 1. The van der Waals surface area contributed by atoms with Crippen molar-refractivity contribution in [2.24, 2.45) is 5.92 Å². The Balaban J connectivity index is 2.08. The minimum atomic E-state index is -0.0697. The van der Waals surface area contributed by atoms with E-state index in [9.17, 15) is 4.79 Å². The van der Waals surface area contributed by atoms with E-state index in [-0.39, 0.29) is 11.9 Å². The highest BCUT2D eigenvalue weighted by Crippen LogP contribution is 2.22. The second kappa shape index (κ2) is 8.92. The van der Waals surface area contributed by atoms with Crippen LogP contribution in [0.3, 0.4) is 0 Å². The van der Waals surface area contributed by atoms with Crippen molar-refractivity contribution in [2.75, 3.05) is 6.61 Å². The molecule has 2 rings (SSSR count). The zero-order chi connectivity index (χ0) is 17.4. The molecule has 3 nitrogen and oxygen atoms in total. The summed E-state index contributed by atoms with van der Waals surface area (Å²) in [4.78, 5) is 12.6. The largest absolute Gasteiger partial charge is 0.490 e. The first-order valence-corrected chi connectivity index (χ1v) is 8.29. The van der Waals surface area contributed by atoms with Gasteiger partial charge in [0.1, 0.15) is 12.4 Å². The predicted octanol–water partition coefficient (Wildman–Crippen LogP) is 4.77. The standard InChI is InChI=1S/C21H25NO2/c1-4-14-24-19-12-10-18(11-13-19)21(23)22-20(15-16(2)3)17-8-6-5-7-9-17/h4-13,16,20H,1,14-15H2,2-3H3,(H,22,23)/t20-/m1/s1. The lowest BCUT2D eigenvalue weighted by molar-refractivity contribution is 0.0932. The van der Waals surface area contributed by atoms with E-state index in [0.29, 0.717) is 18.1 Å². The summed E-state index contributed by atoms with van der Waals surface area (Å²) in [6.45, 7) is 8.39. The lowest BCUT2D eigenvalue weighted by atomic mass is 9.96. The number of hydrogen-bond acceptors (Lipinski definition) is 2. The van der Waals surface area contributed by atoms with Gasteiger partial charge in [-0.15, -0.1) is 0 Å². The van der Waals surface area contributed by atoms with Gasteiger partial charge < -0.3 is 10.1 Å². The second-order valence-electron chi connectivity index (χ2n) is 6.19. The molecule has 0 radical (unpaired) electrons. The minimum Gasteiger partial charge on any atom is -0.490 e. The van der Waals surface area contributed by atoms with Crippen molar-refractivity contribution in [3.05, 3.63) is 78.4 Å². The summed E-state index contributed by atoms with van der Waals surface area (Å²) >= 11 is 0. The maximum absolute atomic E-state index is 12.6. The Morgan fingerprint density at radius 2 is 1.79 bits per heavy atom. The maximum atomic E-state index is 12.6. The van der Waals surface area contributed by atoms with Crippen LogP contribution >= 0.6 is 0 Å². The van der Waals surface area contributed by atoms with E-state index in [4.69, 9.17) is 4.74 Å². The molecule has 0 aliphatic rings. The van der Waals surface area contributed by atoms with Gasteiger partial charge in [-0.05, 0) is 42.2 Å². The Kier molecular flexibility index (Phi) is 6.62. The zero-order valence-electron chi connectivity index (χ0n) is 14.4. The topological polar surface area (TPSA) is 38.3 Å². The van der Waals surface area contributed by atoms with Crippen molar-refractivity contribution >= 4 is 5.91 Å². The first kappa shape index (κ1) is 17.8. The SMILES string of the molecule is C=CCOc1ccc(C(=O)N[C@H](CC(C)C)c2ccccc2)cc1. The van der Waals surface area contributed by atoms with Crippen LogP contribution < -0.4 is 10.1 Å². The van der Waals surface area contributed by atoms with Crippen molar-refractivity contribution in [1.29, 1.82) is 0 Å². The number of nitrogens with one attached hydrogen (secondary N) is 1. The molecule has 0 spiro atoms. The van der Waals surface area contributed by atoms with Gasteiger partial charge in [-0.1, -0.05) is 56.8 Å². The summed E-state index contributed by atoms with van der Waals surface area (Å²) in [6, 6.07) is 17.3. The number of rotatable bonds is 8. The van der Waals surface area contributed by atoms with E-state index in [1.54, 1.807) is 30.3 Å². The molecule has 126 valence electrons. The van der Waals surface area contributed by atoms with E-state index in [1.165, 1.54) is 0 Å². The van der Waals surface area contributed by atoms with Gasteiger partial charge in [0.25, 0.3) is 5.91 Å². The van der Waals surface area contributed by atoms with Crippen molar-refractivity contribution in [3.8, 4) is 5.75 Å². The lowest BCUT2D eigenvalue weighted by Crippen LogP contribution is -2.29. The monoisotopic (exact) mass is 323 g/mol. The van der Waals surface area contributed by atoms with E-state index in [0.717, 1.165) is 17.7 Å². The molecule has 0 saturated carbocycles. The van der Waals surface area contributed by atoms with Gasteiger partial charge in [-0.25, -0.2) is 0 Å². The normalized spacial score (nSPS) is 11.8. The van der Waals surface area contributed by atoms with Crippen LogP contribution in [-0.2, 0) is 0 Å². The number of carbonyl (C=O) groups is 1. The number of amides is 1. The molecule has 1 N–H and O–H groups in total. The molecule has 0 aliphatic carbocycles. The van der Waals surface area contributed by atoms with Gasteiger partial charge in [-0.2, -0.15) is 0 Å². The molecule has 0 heterocycles. The molecule has 24 heavy (non-hydrogen) atoms. The van der Waals surface area contributed by atoms with Crippen molar-refractivity contribution in [2.45, 2.75) is 26.3 Å². The van der Waals surface area contributed by atoms with Crippen LogP contribution in [0.25, 0.3) is 0 Å². The number of benzene rings is 2. The summed E-state index contributed by atoms with van der Waals surface area (Å²) < 4.78 is 5.44. The van der Waals surface area contributed by atoms with Crippen molar-refractivity contribution in [1.82, 2.24) is 5.32 Å². The predicted molar refractivity (Wildman–Crippen MR) is 98.2 cm³/mol. The first-order chi connectivity index (χ1) is 11.6. The summed E-state index contributed by atoms with van der Waals surface area (Å²) in [5, 5.41) is 3.15. The fraction of sp³-hybridized carbons (Fsp3) is 0.286. The van der Waals surface area contributed by atoms with Gasteiger partial charge in [0.05, 0.1) is 6.04 Å². The summed E-state index contributed by atoms with van der Waals surface area (Å²) in [5.74, 6) is 1.15. The molecule has 3 heteroatoms. The Morgan fingerprint density at radius 3 is 2.38 bits per heavy atom. The summed E-state index contributed by atoms with van der Waals surface area (Å²) in [6.07, 6.45) is 2.59. The third-order valence-electron chi connectivity index (χ3n) is 3.70. The molecule has 0 fully saturated rings. The van der Waals surface area contributed by atoms with Gasteiger partial charge >= 0.3 is 0 Å². The Hall–Kier alpha value is -2.55. The van der Waals surface area contributed by atoms with Crippen LogP contribution in [0.15, 0.2) is 67.3 Å². The van der Waals surface area contributed by atoms with Crippen LogP contribution in [0.4, 0.5) is 0 Å². The summed E-state index contributed by atoms with van der Waals surface area (Å²) in [5.41, 5.74) is 1.76. The quantitative estimate of drug-likeness (QED) is 0.711. The van der Waals surface area contributed by atoms with Gasteiger partial charge in [0.15, 0.2) is 0 Å². The molecule has 2 aromatic carbocycles. The molecule has 0 aliphatic heterocycles. The Bertz CT molecular complexity index is 647. The molecule has 0 saturated heterocycles. The van der Waals surface area contributed by atoms with E-state index in [2.05, 4.69) is 37.9 Å². The van der Waals surface area contributed by atoms with Crippen LogP contribution in [0.2, 0.25) is 0 Å². The van der Waals surface area contributed by atoms with Gasteiger partial charge in [0, 0.05) is 5.56 Å². The highest BCUT2D eigenvalue weighted by atomic mass is 16.5. The first-order valence-electron chi connectivity index (χ1n) is 8.29. The Morgan fingerprint density at radius 1 is 1.12 bits per heavy atom. The second-order valence-corrected chi connectivity index (χ2v) is 6.19. The lowest BCUT2D eigenvalue weighted by Gasteiger charge is -2.21. The number of hydrogen-bond donors (Lipinski definition) is 1. The fourth-order valence-corrected chi connectivity index (χ4v) is 2.53. The molecule has 0 bridgehead atoms. The molecule has 0 aromatic heterocycles. The smallest absolute Gasteiger partial charge is 0.251 e. The van der Waals surface area contributed by atoms with Crippen LogP contribution in [-0.4, -0.2) is 12.5 Å². The van der Waals surface area contributed by atoms with E-state index >= 15 is 0 Å². The molecule has 1 atom stereocenters. The summed E-state index contributed by atoms with van der Waals surface area (Å²) in [7, 11) is 0. The third kappa shape index (κ3) is 5.27. The van der Waals surface area contributed by atoms with Crippen LogP contribution in [0.5, 0.6) is 5.75 Å². The zero-order valence-corrected chi connectivity index (χ0v) is 14.4. The minimum absolute atomic E-state index is 0.00962. The van der Waals surface area contributed by atoms with Crippen molar-refractivity contribution in [3.63, 3.8) is 0 Å². The highest BCUT2D eigenvalue weighted by Gasteiger charge is 2.17. The maximum Gasteiger partial charge on any atom is 0.251 e. The van der Waals surface area contributed by atoms with E-state index in [1.807, 2.05) is 18.2 Å². The van der Waals surface area contributed by atoms with Crippen molar-refractivity contribution < 1.29 is 9.53 Å². The fourth-order valence-electron chi connectivity index (χ4n) is 2.53. The van der Waals surface area contributed by atoms with Crippen LogP contribution in [0.1, 0.15) is 42.2 Å². The molecule has 2 aromatic rings. The average molecular weight is 323 g/mol. The Labute approximate surface area is 144 Å². The molecule has 1 amide bonds. The molecule has 0 unspecified atom stereocenters. The third-order valence-corrected chi connectivity index (χ3v) is 3.70. The van der Waals surface area contributed by atoms with Crippen LogP contribution in [0, 0.1) is 5.92 Å². The number of carbonyl (C=O) groups excluding carboxylic acids is 1. The van der Waals surface area contributed by atoms with Gasteiger partial charge in [0.2, 0.25) is 0 Å². The highest BCUT2D eigenvalue weighted by molar-refractivity contribution is 5.94. The molecular formula is C21H25NO2. The van der Waals surface area contributed by atoms with Gasteiger partial charge in [-0.3, -0.25) is 4.79 Å². The molecular weight excluding hydrogens is 298 g/mol.